The van der Waals surface area contributed by atoms with Gasteiger partial charge in [-0.2, -0.15) is 0 Å². The highest BCUT2D eigenvalue weighted by Gasteiger charge is 2.49. The van der Waals surface area contributed by atoms with Crippen molar-refractivity contribution in [3.8, 4) is 0 Å². The Balaban J connectivity index is 1.72. The zero-order valence-electron chi connectivity index (χ0n) is 11.9. The lowest BCUT2D eigenvalue weighted by atomic mass is 9.99. The molecule has 2 unspecified atom stereocenters. The molecule has 1 saturated heterocycles. The van der Waals surface area contributed by atoms with E-state index in [1.165, 1.54) is 0 Å². The molecule has 5 heteroatoms. The Hall–Kier alpha value is -1.10. The van der Waals surface area contributed by atoms with Crippen LogP contribution in [0.2, 0.25) is 0 Å². The molecular formula is C14H24N2O3. The summed E-state index contributed by atoms with van der Waals surface area (Å²) in [5.74, 6) is 0.718. The highest BCUT2D eigenvalue weighted by Crippen LogP contribution is 2.40. The maximum absolute atomic E-state index is 12.2. The predicted octanol–water partition coefficient (Wildman–Crippen LogP) is 0.644. The van der Waals surface area contributed by atoms with Crippen LogP contribution in [0.4, 0.5) is 0 Å². The molecule has 0 aromatic carbocycles. The molecule has 108 valence electrons. The first-order valence-electron chi connectivity index (χ1n) is 7.19. The normalized spacial score (nSPS) is 27.2. The Labute approximate surface area is 114 Å². The number of carbonyl (C=O) groups is 2. The van der Waals surface area contributed by atoms with Crippen molar-refractivity contribution < 1.29 is 14.3 Å². The molecule has 1 saturated carbocycles. The van der Waals surface area contributed by atoms with Crippen LogP contribution in [-0.4, -0.2) is 50.1 Å². The topological polar surface area (TPSA) is 58.6 Å². The van der Waals surface area contributed by atoms with E-state index in [0.29, 0.717) is 19.6 Å². The molecule has 1 heterocycles. The summed E-state index contributed by atoms with van der Waals surface area (Å²) in [6.45, 7) is 4.98. The highest BCUT2D eigenvalue weighted by atomic mass is 16.5. The van der Waals surface area contributed by atoms with E-state index in [0.717, 1.165) is 31.8 Å². The van der Waals surface area contributed by atoms with Crippen LogP contribution in [0.1, 0.15) is 26.2 Å². The summed E-state index contributed by atoms with van der Waals surface area (Å²) >= 11 is 0. The molecule has 1 N–H and O–H groups in total. The molecule has 2 atom stereocenters. The minimum absolute atomic E-state index is 0.000720. The first-order valence-corrected chi connectivity index (χ1v) is 7.19. The molecule has 1 aliphatic heterocycles. The van der Waals surface area contributed by atoms with Gasteiger partial charge >= 0.3 is 0 Å². The van der Waals surface area contributed by atoms with Gasteiger partial charge in [0, 0.05) is 26.7 Å². The number of ether oxygens (including phenoxy) is 1. The van der Waals surface area contributed by atoms with Crippen LogP contribution in [0, 0.1) is 17.8 Å². The minimum Gasteiger partial charge on any atom is -0.383 e. The second-order valence-corrected chi connectivity index (χ2v) is 5.74. The van der Waals surface area contributed by atoms with Gasteiger partial charge in [-0.1, -0.05) is 6.92 Å². The first kappa shape index (κ1) is 14.3. The summed E-state index contributed by atoms with van der Waals surface area (Å²) in [6.07, 6.45) is 2.88. The van der Waals surface area contributed by atoms with Gasteiger partial charge in [-0.25, -0.2) is 0 Å². The Morgan fingerprint density at radius 3 is 2.58 bits per heavy atom. The summed E-state index contributed by atoms with van der Waals surface area (Å²) in [5, 5.41) is 2.81. The molecule has 0 aromatic rings. The summed E-state index contributed by atoms with van der Waals surface area (Å²) in [7, 11) is 1.60. The second-order valence-electron chi connectivity index (χ2n) is 5.74. The van der Waals surface area contributed by atoms with E-state index in [4.69, 9.17) is 4.74 Å². The number of nitrogens with one attached hydrogen (secondary N) is 1. The Morgan fingerprint density at radius 2 is 1.95 bits per heavy atom. The van der Waals surface area contributed by atoms with Crippen molar-refractivity contribution >= 4 is 11.8 Å². The number of hydrogen-bond acceptors (Lipinski definition) is 3. The third-order valence-corrected chi connectivity index (χ3v) is 4.15. The van der Waals surface area contributed by atoms with Crippen LogP contribution in [0.15, 0.2) is 0 Å². The average Bonchev–Trinajstić information content (AvgIpc) is 3.19. The Kier molecular flexibility index (Phi) is 4.80. The van der Waals surface area contributed by atoms with Crippen molar-refractivity contribution in [2.75, 3.05) is 33.4 Å². The summed E-state index contributed by atoms with van der Waals surface area (Å²) in [5.41, 5.74) is 0. The molecule has 0 bridgehead atoms. The summed E-state index contributed by atoms with van der Waals surface area (Å²) < 4.78 is 4.88. The van der Waals surface area contributed by atoms with E-state index in [1.54, 1.807) is 7.11 Å². The fraction of sp³-hybridized carbons (Fsp3) is 0.857. The number of carbonyl (C=O) groups excluding carboxylic acids is 2. The third-order valence-electron chi connectivity index (χ3n) is 4.15. The number of nitrogens with zero attached hydrogens (tertiary/aromatic N) is 1. The van der Waals surface area contributed by atoms with E-state index in [2.05, 4.69) is 12.2 Å². The molecule has 2 rings (SSSR count). The lowest BCUT2D eigenvalue weighted by Gasteiger charge is -2.30. The SMILES string of the molecule is COCCNC(=O)C1CC1C(=O)N1CCC(C)CC1. The van der Waals surface area contributed by atoms with Gasteiger partial charge in [-0.05, 0) is 25.2 Å². The summed E-state index contributed by atoms with van der Waals surface area (Å²) in [6, 6.07) is 0. The molecule has 0 radical (unpaired) electrons. The fourth-order valence-corrected chi connectivity index (χ4v) is 2.63. The first-order chi connectivity index (χ1) is 9.13. The maximum atomic E-state index is 12.2. The van der Waals surface area contributed by atoms with Crippen molar-refractivity contribution in [2.24, 2.45) is 17.8 Å². The van der Waals surface area contributed by atoms with Crippen LogP contribution in [0.5, 0.6) is 0 Å². The molecule has 2 fully saturated rings. The number of likely N-dealkylation sites (tertiary alicyclic amines) is 1. The van der Waals surface area contributed by atoms with Gasteiger partial charge < -0.3 is 15.0 Å². The van der Waals surface area contributed by atoms with Crippen molar-refractivity contribution in [2.45, 2.75) is 26.2 Å². The number of piperidine rings is 1. The smallest absolute Gasteiger partial charge is 0.226 e. The van der Waals surface area contributed by atoms with Gasteiger partial charge in [0.1, 0.15) is 0 Å². The standard InChI is InChI=1S/C14H24N2O3/c1-10-3-6-16(7-4-10)14(18)12-9-11(12)13(17)15-5-8-19-2/h10-12H,3-9H2,1-2H3,(H,15,17). The zero-order chi connectivity index (χ0) is 13.8. The quantitative estimate of drug-likeness (QED) is 0.745. The molecular weight excluding hydrogens is 244 g/mol. The zero-order valence-corrected chi connectivity index (χ0v) is 11.9. The molecule has 0 aromatic heterocycles. The fourth-order valence-electron chi connectivity index (χ4n) is 2.63. The van der Waals surface area contributed by atoms with Gasteiger partial charge in [0.15, 0.2) is 0 Å². The molecule has 0 spiro atoms. The van der Waals surface area contributed by atoms with E-state index in [1.807, 2.05) is 4.90 Å². The monoisotopic (exact) mass is 268 g/mol. The molecule has 1 aliphatic carbocycles. The van der Waals surface area contributed by atoms with Crippen molar-refractivity contribution in [1.29, 1.82) is 0 Å². The van der Waals surface area contributed by atoms with Crippen LogP contribution < -0.4 is 5.32 Å². The van der Waals surface area contributed by atoms with Crippen LogP contribution in [0.25, 0.3) is 0 Å². The van der Waals surface area contributed by atoms with Crippen LogP contribution in [-0.2, 0) is 14.3 Å². The van der Waals surface area contributed by atoms with Crippen molar-refractivity contribution in [1.82, 2.24) is 10.2 Å². The van der Waals surface area contributed by atoms with Gasteiger partial charge in [0.05, 0.1) is 18.4 Å². The molecule has 5 nitrogen and oxygen atoms in total. The van der Waals surface area contributed by atoms with Gasteiger partial charge in [-0.3, -0.25) is 9.59 Å². The Morgan fingerprint density at radius 1 is 1.26 bits per heavy atom. The molecule has 2 aliphatic rings. The van der Waals surface area contributed by atoms with E-state index >= 15 is 0 Å². The largest absolute Gasteiger partial charge is 0.383 e. The second kappa shape index (κ2) is 6.37. The number of hydrogen-bond donors (Lipinski definition) is 1. The lowest BCUT2D eigenvalue weighted by molar-refractivity contribution is -0.135. The number of methoxy groups -OCH3 is 1. The molecule has 2 amide bonds. The van der Waals surface area contributed by atoms with Crippen LogP contribution in [0.3, 0.4) is 0 Å². The van der Waals surface area contributed by atoms with Gasteiger partial charge in [-0.15, -0.1) is 0 Å². The van der Waals surface area contributed by atoms with E-state index in [-0.39, 0.29) is 23.7 Å². The van der Waals surface area contributed by atoms with Gasteiger partial charge in [0.2, 0.25) is 11.8 Å². The minimum atomic E-state index is -0.108. The van der Waals surface area contributed by atoms with Crippen molar-refractivity contribution in [3.63, 3.8) is 0 Å². The maximum Gasteiger partial charge on any atom is 0.226 e. The lowest BCUT2D eigenvalue weighted by Crippen LogP contribution is -2.40. The van der Waals surface area contributed by atoms with Crippen molar-refractivity contribution in [3.05, 3.63) is 0 Å². The molecule has 19 heavy (non-hydrogen) atoms. The average molecular weight is 268 g/mol. The van der Waals surface area contributed by atoms with Gasteiger partial charge in [0.25, 0.3) is 0 Å². The van der Waals surface area contributed by atoms with Crippen LogP contribution >= 0.6 is 0 Å². The number of rotatable bonds is 5. The third kappa shape index (κ3) is 3.69. The highest BCUT2D eigenvalue weighted by molar-refractivity contribution is 5.92. The number of amides is 2. The van der Waals surface area contributed by atoms with E-state index in [9.17, 15) is 9.59 Å². The Bertz CT molecular complexity index is 338. The van der Waals surface area contributed by atoms with E-state index < -0.39 is 0 Å². The predicted molar refractivity (Wildman–Crippen MR) is 71.5 cm³/mol. The summed E-state index contributed by atoms with van der Waals surface area (Å²) in [4.78, 5) is 26.0.